The third-order valence-electron chi connectivity index (χ3n) is 2.18. The maximum absolute atomic E-state index is 10.7. The van der Waals surface area contributed by atoms with Crippen LogP contribution in [0.5, 0.6) is 0 Å². The standard InChI is InChI=1S/C11H6BrCl2N3O2/c12-6-1-2-9(8(13)3-6)15-11-5-7(17(18)19)4-10(14)16-11/h1-5H,(H,15,16). The maximum Gasteiger partial charge on any atom is 0.276 e. The SMILES string of the molecule is O=[N+]([O-])c1cc(Cl)nc(Nc2ccc(Br)cc2Cl)c1. The summed E-state index contributed by atoms with van der Waals surface area (Å²) in [5, 5.41) is 14.1. The molecular formula is C11H6BrCl2N3O2. The quantitative estimate of drug-likeness (QED) is 0.483. The molecule has 0 amide bonds. The number of pyridine rings is 1. The molecule has 1 N–H and O–H groups in total. The predicted octanol–water partition coefficient (Wildman–Crippen LogP) is 4.80. The number of halogens is 3. The molecule has 0 aliphatic carbocycles. The summed E-state index contributed by atoms with van der Waals surface area (Å²) in [6, 6.07) is 7.66. The zero-order valence-electron chi connectivity index (χ0n) is 9.23. The van der Waals surface area contributed by atoms with Crippen LogP contribution in [0.25, 0.3) is 0 Å². The van der Waals surface area contributed by atoms with Gasteiger partial charge in [0.2, 0.25) is 0 Å². The molecule has 0 saturated carbocycles. The fourth-order valence-corrected chi connectivity index (χ4v) is 2.31. The number of hydrogen-bond acceptors (Lipinski definition) is 4. The average molecular weight is 363 g/mol. The Labute approximate surface area is 126 Å². The summed E-state index contributed by atoms with van der Waals surface area (Å²) in [6.07, 6.45) is 0. The minimum absolute atomic E-state index is 0.0323. The van der Waals surface area contributed by atoms with Crippen molar-refractivity contribution >= 4 is 56.3 Å². The third kappa shape index (κ3) is 3.56. The van der Waals surface area contributed by atoms with E-state index in [4.69, 9.17) is 23.2 Å². The Balaban J connectivity index is 2.35. The summed E-state index contributed by atoms with van der Waals surface area (Å²) in [4.78, 5) is 14.1. The van der Waals surface area contributed by atoms with Gasteiger partial charge in [-0.1, -0.05) is 39.1 Å². The van der Waals surface area contributed by atoms with Gasteiger partial charge in [0.1, 0.15) is 11.0 Å². The van der Waals surface area contributed by atoms with Gasteiger partial charge < -0.3 is 5.32 Å². The summed E-state index contributed by atoms with van der Waals surface area (Å²) < 4.78 is 0.827. The van der Waals surface area contributed by atoms with Crippen LogP contribution in [0.15, 0.2) is 34.8 Å². The zero-order chi connectivity index (χ0) is 14.0. The van der Waals surface area contributed by atoms with Gasteiger partial charge in [0.05, 0.1) is 27.8 Å². The van der Waals surface area contributed by atoms with E-state index in [1.807, 2.05) is 0 Å². The van der Waals surface area contributed by atoms with E-state index in [9.17, 15) is 10.1 Å². The molecule has 0 saturated heterocycles. The van der Waals surface area contributed by atoms with Crippen molar-refractivity contribution in [1.29, 1.82) is 0 Å². The minimum atomic E-state index is -0.540. The van der Waals surface area contributed by atoms with Gasteiger partial charge in [0.15, 0.2) is 0 Å². The van der Waals surface area contributed by atoms with Crippen LogP contribution in [0.3, 0.4) is 0 Å². The Hall–Kier alpha value is -1.37. The lowest BCUT2D eigenvalue weighted by atomic mass is 10.3. The van der Waals surface area contributed by atoms with E-state index < -0.39 is 4.92 Å². The lowest BCUT2D eigenvalue weighted by Crippen LogP contribution is -1.97. The van der Waals surface area contributed by atoms with Crippen LogP contribution in [0.1, 0.15) is 0 Å². The number of nitro groups is 1. The van der Waals surface area contributed by atoms with E-state index in [0.717, 1.165) is 4.47 Å². The molecule has 2 aromatic rings. The Morgan fingerprint density at radius 3 is 2.63 bits per heavy atom. The van der Waals surface area contributed by atoms with Crippen molar-refractivity contribution in [2.45, 2.75) is 0 Å². The highest BCUT2D eigenvalue weighted by Crippen LogP contribution is 2.29. The van der Waals surface area contributed by atoms with Gasteiger partial charge in [-0.15, -0.1) is 0 Å². The van der Waals surface area contributed by atoms with Gasteiger partial charge in [0, 0.05) is 4.47 Å². The van der Waals surface area contributed by atoms with Gasteiger partial charge in [-0.2, -0.15) is 0 Å². The Morgan fingerprint density at radius 2 is 2.00 bits per heavy atom. The largest absolute Gasteiger partial charge is 0.339 e. The molecule has 2 rings (SSSR count). The third-order valence-corrected chi connectivity index (χ3v) is 3.18. The number of hydrogen-bond donors (Lipinski definition) is 1. The van der Waals surface area contributed by atoms with Crippen molar-refractivity contribution in [2.24, 2.45) is 0 Å². The number of nitrogens with zero attached hydrogens (tertiary/aromatic N) is 2. The fraction of sp³-hybridized carbons (Fsp3) is 0. The second-order valence-corrected chi connectivity index (χ2v) is 5.25. The van der Waals surface area contributed by atoms with Gasteiger partial charge in [0.25, 0.3) is 5.69 Å². The number of rotatable bonds is 3. The van der Waals surface area contributed by atoms with Crippen LogP contribution in [-0.2, 0) is 0 Å². The smallest absolute Gasteiger partial charge is 0.276 e. The first-order valence-corrected chi connectivity index (χ1v) is 6.54. The van der Waals surface area contributed by atoms with Gasteiger partial charge in [-0.3, -0.25) is 10.1 Å². The van der Waals surface area contributed by atoms with Gasteiger partial charge >= 0.3 is 0 Å². The molecule has 1 aromatic carbocycles. The Morgan fingerprint density at radius 1 is 1.26 bits per heavy atom. The molecule has 0 fully saturated rings. The van der Waals surface area contributed by atoms with E-state index >= 15 is 0 Å². The second-order valence-electron chi connectivity index (χ2n) is 3.54. The molecule has 5 nitrogen and oxygen atoms in total. The lowest BCUT2D eigenvalue weighted by molar-refractivity contribution is -0.384. The summed E-state index contributed by atoms with van der Waals surface area (Å²) >= 11 is 15.0. The van der Waals surface area contributed by atoms with Crippen molar-refractivity contribution in [1.82, 2.24) is 4.98 Å². The number of anilines is 2. The summed E-state index contributed by atoms with van der Waals surface area (Å²) in [6.45, 7) is 0. The number of aromatic nitrogens is 1. The minimum Gasteiger partial charge on any atom is -0.339 e. The fourth-order valence-electron chi connectivity index (χ4n) is 1.38. The highest BCUT2D eigenvalue weighted by atomic mass is 79.9. The van der Waals surface area contributed by atoms with Crippen LogP contribution < -0.4 is 5.32 Å². The zero-order valence-corrected chi connectivity index (χ0v) is 12.3. The molecule has 19 heavy (non-hydrogen) atoms. The normalized spacial score (nSPS) is 10.3. The van der Waals surface area contributed by atoms with Crippen molar-refractivity contribution in [2.75, 3.05) is 5.32 Å². The molecule has 8 heteroatoms. The first kappa shape index (κ1) is 14.0. The topological polar surface area (TPSA) is 68.1 Å². The van der Waals surface area contributed by atoms with Gasteiger partial charge in [-0.05, 0) is 18.2 Å². The van der Waals surface area contributed by atoms with E-state index in [2.05, 4.69) is 26.2 Å². The monoisotopic (exact) mass is 361 g/mol. The molecule has 0 aliphatic rings. The van der Waals surface area contributed by atoms with Crippen molar-refractivity contribution in [3.8, 4) is 0 Å². The molecule has 0 aliphatic heterocycles. The molecule has 0 atom stereocenters. The predicted molar refractivity (Wildman–Crippen MR) is 78.3 cm³/mol. The average Bonchev–Trinajstić information content (AvgIpc) is 2.32. The second kappa shape index (κ2) is 5.73. The summed E-state index contributed by atoms with van der Waals surface area (Å²) in [5.74, 6) is 0.253. The highest BCUT2D eigenvalue weighted by molar-refractivity contribution is 9.10. The van der Waals surface area contributed by atoms with Crippen LogP contribution in [0.4, 0.5) is 17.2 Å². The van der Waals surface area contributed by atoms with E-state index in [-0.39, 0.29) is 16.7 Å². The number of benzene rings is 1. The van der Waals surface area contributed by atoms with Crippen molar-refractivity contribution < 1.29 is 4.92 Å². The molecule has 0 bridgehead atoms. The van der Waals surface area contributed by atoms with Crippen LogP contribution in [-0.4, -0.2) is 9.91 Å². The molecular weight excluding hydrogens is 357 g/mol. The summed E-state index contributed by atoms with van der Waals surface area (Å²) in [7, 11) is 0. The van der Waals surface area contributed by atoms with E-state index in [1.54, 1.807) is 18.2 Å². The molecule has 0 spiro atoms. The number of nitrogens with one attached hydrogen (secondary N) is 1. The first-order chi connectivity index (χ1) is 8.95. The molecule has 98 valence electrons. The van der Waals surface area contributed by atoms with E-state index in [1.165, 1.54) is 12.1 Å². The molecule has 0 radical (unpaired) electrons. The Bertz CT molecular complexity index is 652. The van der Waals surface area contributed by atoms with Crippen LogP contribution in [0, 0.1) is 10.1 Å². The van der Waals surface area contributed by atoms with Crippen LogP contribution in [0.2, 0.25) is 10.2 Å². The lowest BCUT2D eigenvalue weighted by Gasteiger charge is -2.08. The molecule has 0 unspecified atom stereocenters. The van der Waals surface area contributed by atoms with Crippen molar-refractivity contribution in [3.63, 3.8) is 0 Å². The van der Waals surface area contributed by atoms with Gasteiger partial charge in [-0.25, -0.2) is 4.98 Å². The first-order valence-electron chi connectivity index (χ1n) is 5.00. The van der Waals surface area contributed by atoms with Crippen LogP contribution >= 0.6 is 39.1 Å². The summed E-state index contributed by atoms with van der Waals surface area (Å²) in [5.41, 5.74) is 0.435. The molecule has 1 heterocycles. The highest BCUT2D eigenvalue weighted by Gasteiger charge is 2.11. The van der Waals surface area contributed by atoms with Crippen molar-refractivity contribution in [3.05, 3.63) is 55.1 Å². The Kier molecular flexibility index (Phi) is 4.24. The maximum atomic E-state index is 10.7. The molecule has 1 aromatic heterocycles. The van der Waals surface area contributed by atoms with E-state index in [0.29, 0.717) is 10.7 Å².